The highest BCUT2D eigenvalue weighted by atomic mass is 79.9. The summed E-state index contributed by atoms with van der Waals surface area (Å²) in [6, 6.07) is 4.31. The van der Waals surface area contributed by atoms with Gasteiger partial charge in [-0.05, 0) is 24.5 Å². The van der Waals surface area contributed by atoms with Crippen molar-refractivity contribution in [3.63, 3.8) is 0 Å². The number of hydrogen-bond donors (Lipinski definition) is 0. The molecule has 1 fully saturated rings. The number of benzene rings is 1. The lowest BCUT2D eigenvalue weighted by molar-refractivity contribution is 0.0686. The van der Waals surface area contributed by atoms with E-state index < -0.39 is 5.82 Å². The van der Waals surface area contributed by atoms with Crippen LogP contribution >= 0.6 is 27.5 Å². The lowest BCUT2D eigenvalue weighted by atomic mass is 9.99. The molecule has 0 saturated carbocycles. The molecule has 2 atom stereocenters. The van der Waals surface area contributed by atoms with E-state index in [0.717, 1.165) is 6.42 Å². The second kappa shape index (κ2) is 5.57. The molecule has 1 aliphatic rings. The molecule has 1 aromatic rings. The third kappa shape index (κ3) is 2.69. The first kappa shape index (κ1) is 13.8. The maximum absolute atomic E-state index is 13.7. The lowest BCUT2D eigenvalue weighted by Gasteiger charge is -2.34. The van der Waals surface area contributed by atoms with Crippen LogP contribution in [0.25, 0.3) is 0 Å². The molecule has 2 unspecified atom stereocenters. The summed E-state index contributed by atoms with van der Waals surface area (Å²) in [4.78, 5) is 14.4. The van der Waals surface area contributed by atoms with E-state index in [1.165, 1.54) is 12.1 Å². The normalized spacial score (nSPS) is 24.1. The number of carbonyl (C=O) groups is 1. The predicted molar refractivity (Wildman–Crippen MR) is 73.8 cm³/mol. The molecule has 0 bridgehead atoms. The second-order valence-corrected chi connectivity index (χ2v) is 6.21. The maximum atomic E-state index is 13.7. The SMILES string of the molecule is CC1CN(C(=O)c2c(F)cccc2Cl)CCC1Br. The van der Waals surface area contributed by atoms with Gasteiger partial charge in [0.15, 0.2) is 0 Å². The molecule has 1 saturated heterocycles. The number of rotatable bonds is 1. The van der Waals surface area contributed by atoms with Crippen molar-refractivity contribution >= 4 is 33.4 Å². The first-order valence-electron chi connectivity index (χ1n) is 5.88. The number of halogens is 3. The van der Waals surface area contributed by atoms with Crippen molar-refractivity contribution in [3.8, 4) is 0 Å². The topological polar surface area (TPSA) is 20.3 Å². The zero-order chi connectivity index (χ0) is 13.3. The van der Waals surface area contributed by atoms with Crippen LogP contribution in [-0.4, -0.2) is 28.7 Å². The van der Waals surface area contributed by atoms with Gasteiger partial charge >= 0.3 is 0 Å². The molecule has 18 heavy (non-hydrogen) atoms. The molecule has 2 nitrogen and oxygen atoms in total. The van der Waals surface area contributed by atoms with Gasteiger partial charge in [-0.1, -0.05) is 40.5 Å². The van der Waals surface area contributed by atoms with Gasteiger partial charge in [-0.15, -0.1) is 0 Å². The van der Waals surface area contributed by atoms with Gasteiger partial charge in [-0.2, -0.15) is 0 Å². The molecule has 2 rings (SSSR count). The van der Waals surface area contributed by atoms with Gasteiger partial charge in [-0.3, -0.25) is 4.79 Å². The van der Waals surface area contributed by atoms with E-state index >= 15 is 0 Å². The number of piperidine rings is 1. The molecule has 1 heterocycles. The van der Waals surface area contributed by atoms with Crippen LogP contribution in [0.15, 0.2) is 18.2 Å². The van der Waals surface area contributed by atoms with Crippen LogP contribution in [0, 0.1) is 11.7 Å². The predicted octanol–water partition coefficient (Wildman–Crippen LogP) is 3.72. The molecule has 1 aromatic carbocycles. The van der Waals surface area contributed by atoms with E-state index in [2.05, 4.69) is 22.9 Å². The van der Waals surface area contributed by atoms with Gasteiger partial charge in [0.1, 0.15) is 5.82 Å². The van der Waals surface area contributed by atoms with E-state index in [0.29, 0.717) is 23.8 Å². The van der Waals surface area contributed by atoms with Gasteiger partial charge < -0.3 is 4.90 Å². The molecular weight excluding hydrogens is 321 g/mol. The van der Waals surface area contributed by atoms with Crippen molar-refractivity contribution in [1.29, 1.82) is 0 Å². The summed E-state index contributed by atoms with van der Waals surface area (Å²) in [5.41, 5.74) is -0.0145. The molecule has 0 spiro atoms. The fraction of sp³-hybridized carbons (Fsp3) is 0.462. The Kier molecular flexibility index (Phi) is 4.28. The van der Waals surface area contributed by atoms with E-state index in [-0.39, 0.29) is 16.5 Å². The average molecular weight is 335 g/mol. The van der Waals surface area contributed by atoms with Crippen LogP contribution in [-0.2, 0) is 0 Å². The monoisotopic (exact) mass is 333 g/mol. The van der Waals surface area contributed by atoms with Crippen molar-refractivity contribution in [2.24, 2.45) is 5.92 Å². The quantitative estimate of drug-likeness (QED) is 0.717. The van der Waals surface area contributed by atoms with Gasteiger partial charge in [0.2, 0.25) is 0 Å². The molecule has 1 amide bonds. The minimum Gasteiger partial charge on any atom is -0.338 e. The smallest absolute Gasteiger partial charge is 0.258 e. The average Bonchev–Trinajstić information content (AvgIpc) is 2.32. The van der Waals surface area contributed by atoms with Crippen LogP contribution in [0.3, 0.4) is 0 Å². The summed E-state index contributed by atoms with van der Waals surface area (Å²) in [6.45, 7) is 3.32. The first-order valence-corrected chi connectivity index (χ1v) is 7.17. The Morgan fingerprint density at radius 2 is 2.28 bits per heavy atom. The van der Waals surface area contributed by atoms with Crippen molar-refractivity contribution in [3.05, 3.63) is 34.6 Å². The number of likely N-dealkylation sites (tertiary alicyclic amines) is 1. The largest absolute Gasteiger partial charge is 0.338 e. The lowest BCUT2D eigenvalue weighted by Crippen LogP contribution is -2.43. The van der Waals surface area contributed by atoms with Crippen molar-refractivity contribution in [1.82, 2.24) is 4.90 Å². The van der Waals surface area contributed by atoms with E-state index in [1.54, 1.807) is 11.0 Å². The zero-order valence-corrected chi connectivity index (χ0v) is 12.3. The molecule has 98 valence electrons. The van der Waals surface area contributed by atoms with Crippen LogP contribution in [0.2, 0.25) is 5.02 Å². The minimum atomic E-state index is -0.555. The van der Waals surface area contributed by atoms with E-state index in [1.807, 2.05) is 0 Å². The number of carbonyl (C=O) groups excluding carboxylic acids is 1. The first-order chi connectivity index (χ1) is 8.50. The Labute approximate surface area is 119 Å². The van der Waals surface area contributed by atoms with Gasteiger partial charge in [0, 0.05) is 17.9 Å². The van der Waals surface area contributed by atoms with Crippen LogP contribution in [0.1, 0.15) is 23.7 Å². The fourth-order valence-corrected chi connectivity index (χ4v) is 2.78. The summed E-state index contributed by atoms with van der Waals surface area (Å²) in [6.07, 6.45) is 0.874. The van der Waals surface area contributed by atoms with Gasteiger partial charge in [-0.25, -0.2) is 4.39 Å². The van der Waals surface area contributed by atoms with Crippen molar-refractivity contribution in [2.75, 3.05) is 13.1 Å². The Morgan fingerprint density at radius 3 is 2.89 bits per heavy atom. The van der Waals surface area contributed by atoms with Gasteiger partial charge in [0.25, 0.3) is 5.91 Å². The standard InChI is InChI=1S/C13H14BrClFNO/c1-8-7-17(6-5-9(8)14)13(18)12-10(15)3-2-4-11(12)16/h2-4,8-9H,5-7H2,1H3. The van der Waals surface area contributed by atoms with E-state index in [4.69, 9.17) is 11.6 Å². The summed E-state index contributed by atoms with van der Waals surface area (Å²) in [5.74, 6) is -0.515. The summed E-state index contributed by atoms with van der Waals surface area (Å²) in [7, 11) is 0. The molecule has 1 aliphatic heterocycles. The Balaban J connectivity index is 2.22. The third-order valence-electron chi connectivity index (χ3n) is 3.26. The van der Waals surface area contributed by atoms with Crippen molar-refractivity contribution in [2.45, 2.75) is 18.2 Å². The maximum Gasteiger partial charge on any atom is 0.258 e. The third-order valence-corrected chi connectivity index (χ3v) is 4.94. The Morgan fingerprint density at radius 1 is 1.56 bits per heavy atom. The summed E-state index contributed by atoms with van der Waals surface area (Å²) >= 11 is 9.49. The number of nitrogens with zero attached hydrogens (tertiary/aromatic N) is 1. The van der Waals surface area contributed by atoms with E-state index in [9.17, 15) is 9.18 Å². The second-order valence-electron chi connectivity index (χ2n) is 4.63. The van der Waals surface area contributed by atoms with Crippen LogP contribution in [0.5, 0.6) is 0 Å². The zero-order valence-electron chi connectivity index (χ0n) is 10.00. The molecule has 0 aromatic heterocycles. The number of hydrogen-bond acceptors (Lipinski definition) is 1. The molecular formula is C13H14BrClFNO. The highest BCUT2D eigenvalue weighted by Gasteiger charge is 2.29. The van der Waals surface area contributed by atoms with Gasteiger partial charge in [0.05, 0.1) is 10.6 Å². The Hall–Kier alpha value is -0.610. The summed E-state index contributed by atoms with van der Waals surface area (Å²) < 4.78 is 13.7. The molecule has 0 aliphatic carbocycles. The van der Waals surface area contributed by atoms with Crippen LogP contribution < -0.4 is 0 Å². The Bertz CT molecular complexity index is 448. The molecule has 5 heteroatoms. The number of alkyl halides is 1. The molecule has 0 radical (unpaired) electrons. The van der Waals surface area contributed by atoms with Crippen LogP contribution in [0.4, 0.5) is 4.39 Å². The number of amides is 1. The highest BCUT2D eigenvalue weighted by Crippen LogP contribution is 2.27. The fourth-order valence-electron chi connectivity index (χ4n) is 2.16. The van der Waals surface area contributed by atoms with Crippen molar-refractivity contribution < 1.29 is 9.18 Å². The summed E-state index contributed by atoms with van der Waals surface area (Å²) in [5, 5.41) is 0.175. The highest BCUT2D eigenvalue weighted by molar-refractivity contribution is 9.09. The minimum absolute atomic E-state index is 0.0145. The molecule has 0 N–H and O–H groups in total.